The standard InChI is InChI=1S/C16H20N4O2/c1-11-12(10-18-20(11)15-8-4-5-9-17-15)16(22)19-13-6-2-3-7-14(13)21/h4-5,8-10,13-14,21H,2-3,6-7H2,1H3,(H,19,22). The summed E-state index contributed by atoms with van der Waals surface area (Å²) in [6.45, 7) is 1.84. The van der Waals surface area contributed by atoms with Crippen LogP contribution >= 0.6 is 0 Å². The van der Waals surface area contributed by atoms with E-state index in [-0.39, 0.29) is 11.9 Å². The quantitative estimate of drug-likeness (QED) is 0.902. The van der Waals surface area contributed by atoms with Crippen LogP contribution in [0, 0.1) is 6.92 Å². The van der Waals surface area contributed by atoms with E-state index in [2.05, 4.69) is 15.4 Å². The lowest BCUT2D eigenvalue weighted by Gasteiger charge is -2.28. The number of nitrogens with zero attached hydrogens (tertiary/aromatic N) is 3. The van der Waals surface area contributed by atoms with Gasteiger partial charge < -0.3 is 10.4 Å². The van der Waals surface area contributed by atoms with Crippen LogP contribution < -0.4 is 5.32 Å². The molecule has 1 amide bonds. The third kappa shape index (κ3) is 2.87. The van der Waals surface area contributed by atoms with Gasteiger partial charge in [0.15, 0.2) is 5.82 Å². The Hall–Kier alpha value is -2.21. The zero-order valence-electron chi connectivity index (χ0n) is 12.6. The van der Waals surface area contributed by atoms with Crippen LogP contribution in [0.3, 0.4) is 0 Å². The summed E-state index contributed by atoms with van der Waals surface area (Å²) in [5.74, 6) is 0.488. The number of aliphatic hydroxyl groups excluding tert-OH is 1. The first kappa shape index (κ1) is 14.7. The fraction of sp³-hybridized carbons (Fsp3) is 0.438. The average molecular weight is 300 g/mol. The Morgan fingerprint density at radius 2 is 2.18 bits per heavy atom. The van der Waals surface area contributed by atoms with Crippen molar-refractivity contribution in [2.45, 2.75) is 44.8 Å². The molecule has 0 aliphatic heterocycles. The van der Waals surface area contributed by atoms with Crippen molar-refractivity contribution in [1.29, 1.82) is 0 Å². The predicted octanol–water partition coefficient (Wildman–Crippen LogP) is 1.61. The van der Waals surface area contributed by atoms with Crippen LogP contribution in [0.1, 0.15) is 41.7 Å². The molecule has 2 unspecified atom stereocenters. The van der Waals surface area contributed by atoms with Gasteiger partial charge in [-0.1, -0.05) is 18.9 Å². The summed E-state index contributed by atoms with van der Waals surface area (Å²) in [6, 6.07) is 5.38. The maximum absolute atomic E-state index is 12.4. The highest BCUT2D eigenvalue weighted by Gasteiger charge is 2.26. The van der Waals surface area contributed by atoms with Gasteiger partial charge in [-0.2, -0.15) is 5.10 Å². The van der Waals surface area contributed by atoms with Gasteiger partial charge >= 0.3 is 0 Å². The molecule has 0 saturated heterocycles. The first-order chi connectivity index (χ1) is 10.7. The molecular formula is C16H20N4O2. The normalized spacial score (nSPS) is 21.5. The summed E-state index contributed by atoms with van der Waals surface area (Å²) in [7, 11) is 0. The Balaban J connectivity index is 1.78. The summed E-state index contributed by atoms with van der Waals surface area (Å²) in [5.41, 5.74) is 1.25. The summed E-state index contributed by atoms with van der Waals surface area (Å²) in [6.07, 6.45) is 6.41. The van der Waals surface area contributed by atoms with Gasteiger partial charge in [0.1, 0.15) is 0 Å². The van der Waals surface area contributed by atoms with Crippen LogP contribution in [0.15, 0.2) is 30.6 Å². The number of amides is 1. The number of carbonyl (C=O) groups is 1. The van der Waals surface area contributed by atoms with Gasteiger partial charge in [-0.15, -0.1) is 0 Å². The SMILES string of the molecule is Cc1c(C(=O)NC2CCCCC2O)cnn1-c1ccccn1. The number of pyridine rings is 1. The number of nitrogens with one attached hydrogen (secondary N) is 1. The molecule has 6 heteroatoms. The number of carbonyl (C=O) groups excluding carboxylic acids is 1. The molecular weight excluding hydrogens is 280 g/mol. The minimum atomic E-state index is -0.455. The zero-order chi connectivity index (χ0) is 15.5. The van der Waals surface area contributed by atoms with Crippen LogP contribution in [0.4, 0.5) is 0 Å². The highest BCUT2D eigenvalue weighted by molar-refractivity contribution is 5.95. The molecule has 0 bridgehead atoms. The van der Waals surface area contributed by atoms with E-state index in [0.717, 1.165) is 31.4 Å². The molecule has 116 valence electrons. The Morgan fingerprint density at radius 3 is 2.91 bits per heavy atom. The van der Waals surface area contributed by atoms with Gasteiger partial charge in [-0.3, -0.25) is 4.79 Å². The number of rotatable bonds is 3. The van der Waals surface area contributed by atoms with Gasteiger partial charge in [0.25, 0.3) is 5.91 Å². The second-order valence-corrected chi connectivity index (χ2v) is 5.68. The first-order valence-corrected chi connectivity index (χ1v) is 7.62. The van der Waals surface area contributed by atoms with Crippen molar-refractivity contribution in [2.75, 3.05) is 0 Å². The van der Waals surface area contributed by atoms with E-state index in [1.165, 1.54) is 0 Å². The lowest BCUT2D eigenvalue weighted by molar-refractivity contribution is 0.0717. The van der Waals surface area contributed by atoms with E-state index in [1.807, 2.05) is 25.1 Å². The molecule has 22 heavy (non-hydrogen) atoms. The topological polar surface area (TPSA) is 80.0 Å². The third-order valence-electron chi connectivity index (χ3n) is 4.17. The van der Waals surface area contributed by atoms with Gasteiger partial charge in [-0.05, 0) is 31.9 Å². The van der Waals surface area contributed by atoms with Gasteiger partial charge in [0.05, 0.1) is 29.6 Å². The maximum atomic E-state index is 12.4. The molecule has 1 aliphatic rings. The van der Waals surface area contributed by atoms with Gasteiger partial charge in [0.2, 0.25) is 0 Å². The van der Waals surface area contributed by atoms with Gasteiger partial charge in [0, 0.05) is 6.20 Å². The number of hydrogen-bond acceptors (Lipinski definition) is 4. The Bertz CT molecular complexity index is 653. The monoisotopic (exact) mass is 300 g/mol. The Labute approximate surface area is 129 Å². The second-order valence-electron chi connectivity index (χ2n) is 5.68. The molecule has 0 spiro atoms. The highest BCUT2D eigenvalue weighted by Crippen LogP contribution is 2.19. The van der Waals surface area contributed by atoms with E-state index in [1.54, 1.807) is 17.1 Å². The molecule has 2 N–H and O–H groups in total. The van der Waals surface area contributed by atoms with Crippen LogP contribution in [-0.2, 0) is 0 Å². The maximum Gasteiger partial charge on any atom is 0.255 e. The summed E-state index contributed by atoms with van der Waals surface area (Å²) in [5, 5.41) is 17.1. The van der Waals surface area contributed by atoms with Crippen molar-refractivity contribution in [3.8, 4) is 5.82 Å². The molecule has 3 rings (SSSR count). The lowest BCUT2D eigenvalue weighted by Crippen LogP contribution is -2.45. The number of aliphatic hydroxyl groups is 1. The molecule has 6 nitrogen and oxygen atoms in total. The summed E-state index contributed by atoms with van der Waals surface area (Å²) in [4.78, 5) is 16.7. The van der Waals surface area contributed by atoms with E-state index in [0.29, 0.717) is 11.4 Å². The summed E-state index contributed by atoms with van der Waals surface area (Å²) < 4.78 is 1.65. The van der Waals surface area contributed by atoms with Crippen molar-refractivity contribution in [3.05, 3.63) is 41.9 Å². The second kappa shape index (κ2) is 6.27. The Kier molecular flexibility index (Phi) is 4.20. The minimum Gasteiger partial charge on any atom is -0.391 e. The highest BCUT2D eigenvalue weighted by atomic mass is 16.3. The van der Waals surface area contributed by atoms with Crippen molar-refractivity contribution < 1.29 is 9.90 Å². The smallest absolute Gasteiger partial charge is 0.255 e. The molecule has 1 aliphatic carbocycles. The Morgan fingerprint density at radius 1 is 1.36 bits per heavy atom. The van der Waals surface area contributed by atoms with Crippen molar-refractivity contribution >= 4 is 5.91 Å². The van der Waals surface area contributed by atoms with E-state index in [9.17, 15) is 9.90 Å². The van der Waals surface area contributed by atoms with E-state index < -0.39 is 6.10 Å². The fourth-order valence-electron chi connectivity index (χ4n) is 2.87. The third-order valence-corrected chi connectivity index (χ3v) is 4.17. The molecule has 1 fully saturated rings. The molecule has 2 heterocycles. The molecule has 2 atom stereocenters. The van der Waals surface area contributed by atoms with Crippen LogP contribution in [0.2, 0.25) is 0 Å². The molecule has 0 aromatic carbocycles. The van der Waals surface area contributed by atoms with Crippen molar-refractivity contribution in [2.24, 2.45) is 0 Å². The lowest BCUT2D eigenvalue weighted by atomic mass is 9.92. The van der Waals surface area contributed by atoms with E-state index in [4.69, 9.17) is 0 Å². The first-order valence-electron chi connectivity index (χ1n) is 7.62. The average Bonchev–Trinajstić information content (AvgIpc) is 2.92. The molecule has 2 aromatic rings. The molecule has 1 saturated carbocycles. The van der Waals surface area contributed by atoms with Crippen molar-refractivity contribution in [3.63, 3.8) is 0 Å². The van der Waals surface area contributed by atoms with Crippen LogP contribution in [-0.4, -0.2) is 37.9 Å². The number of hydrogen-bond donors (Lipinski definition) is 2. The van der Waals surface area contributed by atoms with Crippen LogP contribution in [0.5, 0.6) is 0 Å². The number of aromatic nitrogens is 3. The predicted molar refractivity (Wildman–Crippen MR) is 81.8 cm³/mol. The fourth-order valence-corrected chi connectivity index (χ4v) is 2.87. The minimum absolute atomic E-state index is 0.168. The molecule has 2 aromatic heterocycles. The van der Waals surface area contributed by atoms with Crippen molar-refractivity contribution in [1.82, 2.24) is 20.1 Å². The van der Waals surface area contributed by atoms with Crippen LogP contribution in [0.25, 0.3) is 5.82 Å². The van der Waals surface area contributed by atoms with Gasteiger partial charge in [-0.25, -0.2) is 9.67 Å². The summed E-state index contributed by atoms with van der Waals surface area (Å²) >= 11 is 0. The van der Waals surface area contributed by atoms with E-state index >= 15 is 0 Å². The zero-order valence-corrected chi connectivity index (χ0v) is 12.6. The largest absolute Gasteiger partial charge is 0.391 e. The molecule has 0 radical (unpaired) electrons.